The van der Waals surface area contributed by atoms with Crippen LogP contribution in [0.3, 0.4) is 0 Å². The number of halogens is 1. The first-order valence-corrected chi connectivity index (χ1v) is 9.29. The van der Waals surface area contributed by atoms with E-state index in [0.29, 0.717) is 6.04 Å². The van der Waals surface area contributed by atoms with Crippen molar-refractivity contribution in [3.63, 3.8) is 0 Å². The van der Waals surface area contributed by atoms with Gasteiger partial charge in [-0.25, -0.2) is 0 Å². The van der Waals surface area contributed by atoms with Gasteiger partial charge in [0.05, 0.1) is 17.4 Å². The van der Waals surface area contributed by atoms with Crippen LogP contribution in [0.25, 0.3) is 0 Å². The maximum atomic E-state index is 6.07. The summed E-state index contributed by atoms with van der Waals surface area (Å²) in [6.07, 6.45) is 7.82. The van der Waals surface area contributed by atoms with Gasteiger partial charge in [-0.1, -0.05) is 11.6 Å². The van der Waals surface area contributed by atoms with Crippen molar-refractivity contribution in [2.45, 2.75) is 56.4 Å². The minimum absolute atomic E-state index is 0.445. The molecule has 3 aliphatic rings. The second-order valence-corrected chi connectivity index (χ2v) is 7.76. The van der Waals surface area contributed by atoms with E-state index in [1.54, 1.807) is 5.56 Å². The molecule has 3 unspecified atom stereocenters. The molecule has 2 aromatic rings. The highest BCUT2D eigenvalue weighted by Gasteiger charge is 2.43. The highest BCUT2D eigenvalue weighted by molar-refractivity contribution is 6.30. The fraction of sp³-hybridized carbons (Fsp3) is 0.526. The predicted molar refractivity (Wildman–Crippen MR) is 93.3 cm³/mol. The van der Waals surface area contributed by atoms with E-state index in [1.165, 1.54) is 55.6 Å². The highest BCUT2D eigenvalue weighted by Crippen LogP contribution is 2.55. The molecule has 2 heterocycles. The third kappa shape index (κ3) is 2.13. The Morgan fingerprint density at radius 3 is 2.74 bits per heavy atom. The van der Waals surface area contributed by atoms with Crippen LogP contribution >= 0.6 is 11.6 Å². The Balaban J connectivity index is 1.53. The van der Waals surface area contributed by atoms with Crippen LogP contribution in [0.15, 0.2) is 24.3 Å². The number of piperidine rings is 1. The molecule has 23 heavy (non-hydrogen) atoms. The molecule has 1 aliphatic heterocycles. The average molecular weight is 328 g/mol. The first-order valence-electron chi connectivity index (χ1n) is 8.91. The highest BCUT2D eigenvalue weighted by atomic mass is 35.5. The van der Waals surface area contributed by atoms with Gasteiger partial charge in [-0.05, 0) is 68.7 Å². The average Bonchev–Trinajstić information content (AvgIpc) is 3.29. The Morgan fingerprint density at radius 1 is 1.04 bits per heavy atom. The molecule has 2 fully saturated rings. The SMILES string of the molecule is Clc1ccc(N2CCCCC2c2[nH]nc3c2C2CCC3C2)cc1. The summed E-state index contributed by atoms with van der Waals surface area (Å²) in [7, 11) is 0. The summed E-state index contributed by atoms with van der Waals surface area (Å²) < 4.78 is 0. The number of nitrogens with one attached hydrogen (secondary N) is 1. The van der Waals surface area contributed by atoms with Crippen molar-refractivity contribution in [1.29, 1.82) is 0 Å². The Morgan fingerprint density at radius 2 is 1.87 bits per heavy atom. The van der Waals surface area contributed by atoms with Crippen molar-refractivity contribution < 1.29 is 0 Å². The van der Waals surface area contributed by atoms with Gasteiger partial charge in [-0.15, -0.1) is 0 Å². The van der Waals surface area contributed by atoms with Crippen molar-refractivity contribution in [2.75, 3.05) is 11.4 Å². The lowest BCUT2D eigenvalue weighted by Gasteiger charge is -2.38. The van der Waals surface area contributed by atoms with Crippen molar-refractivity contribution >= 4 is 17.3 Å². The van der Waals surface area contributed by atoms with Crippen molar-refractivity contribution in [1.82, 2.24) is 10.2 Å². The molecule has 1 aromatic carbocycles. The van der Waals surface area contributed by atoms with E-state index in [1.807, 2.05) is 12.1 Å². The van der Waals surface area contributed by atoms with E-state index in [9.17, 15) is 0 Å². The van der Waals surface area contributed by atoms with Gasteiger partial charge < -0.3 is 4.90 Å². The van der Waals surface area contributed by atoms with E-state index in [-0.39, 0.29) is 0 Å². The van der Waals surface area contributed by atoms with Crippen LogP contribution in [0, 0.1) is 0 Å². The molecule has 2 aliphatic carbocycles. The molecule has 2 bridgehead atoms. The molecule has 120 valence electrons. The third-order valence-corrected chi connectivity index (χ3v) is 6.34. The summed E-state index contributed by atoms with van der Waals surface area (Å²) >= 11 is 6.07. The van der Waals surface area contributed by atoms with E-state index >= 15 is 0 Å². The van der Waals surface area contributed by atoms with E-state index in [4.69, 9.17) is 16.7 Å². The Labute approximate surface area is 142 Å². The number of rotatable bonds is 2. The molecule has 1 saturated heterocycles. The first-order chi connectivity index (χ1) is 11.3. The van der Waals surface area contributed by atoms with Crippen LogP contribution in [0.4, 0.5) is 5.69 Å². The van der Waals surface area contributed by atoms with Gasteiger partial charge in [-0.3, -0.25) is 5.10 Å². The van der Waals surface area contributed by atoms with Crippen LogP contribution in [0.5, 0.6) is 0 Å². The number of nitrogens with zero attached hydrogens (tertiary/aromatic N) is 2. The number of H-pyrrole nitrogens is 1. The molecule has 1 N–H and O–H groups in total. The molecule has 1 saturated carbocycles. The minimum atomic E-state index is 0.445. The van der Waals surface area contributed by atoms with Crippen LogP contribution in [0.1, 0.15) is 73.4 Å². The molecular formula is C19H22ClN3. The second kappa shape index (κ2) is 5.27. The minimum Gasteiger partial charge on any atom is -0.363 e. The van der Waals surface area contributed by atoms with Crippen LogP contribution in [-0.4, -0.2) is 16.7 Å². The van der Waals surface area contributed by atoms with Gasteiger partial charge in [-0.2, -0.15) is 5.10 Å². The summed E-state index contributed by atoms with van der Waals surface area (Å²) in [5, 5.41) is 8.97. The number of aromatic nitrogens is 2. The van der Waals surface area contributed by atoms with Gasteiger partial charge in [0.25, 0.3) is 0 Å². The molecule has 0 radical (unpaired) electrons. The van der Waals surface area contributed by atoms with Gasteiger partial charge in [0, 0.05) is 28.7 Å². The summed E-state index contributed by atoms with van der Waals surface area (Å²) in [5.74, 6) is 1.49. The molecular weight excluding hydrogens is 306 g/mol. The number of aromatic amines is 1. The van der Waals surface area contributed by atoms with Crippen molar-refractivity contribution in [3.05, 3.63) is 46.2 Å². The number of fused-ring (bicyclic) bond motifs is 5. The lowest BCUT2D eigenvalue weighted by atomic mass is 9.89. The van der Waals surface area contributed by atoms with Crippen molar-refractivity contribution in [2.24, 2.45) is 0 Å². The smallest absolute Gasteiger partial charge is 0.0711 e. The zero-order valence-corrected chi connectivity index (χ0v) is 14.0. The lowest BCUT2D eigenvalue weighted by molar-refractivity contribution is 0.460. The fourth-order valence-corrected chi connectivity index (χ4v) is 5.16. The number of benzene rings is 1. The molecule has 3 atom stereocenters. The maximum Gasteiger partial charge on any atom is 0.0711 e. The number of hydrogen-bond acceptors (Lipinski definition) is 2. The lowest BCUT2D eigenvalue weighted by Crippen LogP contribution is -2.34. The number of hydrogen-bond donors (Lipinski definition) is 1. The van der Waals surface area contributed by atoms with Gasteiger partial charge in [0.1, 0.15) is 0 Å². The largest absolute Gasteiger partial charge is 0.363 e. The molecule has 5 rings (SSSR count). The van der Waals surface area contributed by atoms with E-state index in [0.717, 1.165) is 23.4 Å². The monoisotopic (exact) mass is 327 g/mol. The van der Waals surface area contributed by atoms with Gasteiger partial charge in [0.2, 0.25) is 0 Å². The van der Waals surface area contributed by atoms with Gasteiger partial charge >= 0.3 is 0 Å². The molecule has 3 nitrogen and oxygen atoms in total. The zero-order chi connectivity index (χ0) is 15.4. The van der Waals surface area contributed by atoms with Crippen LogP contribution in [0.2, 0.25) is 5.02 Å². The Kier molecular flexibility index (Phi) is 3.19. The predicted octanol–water partition coefficient (Wildman–Crippen LogP) is 5.16. The van der Waals surface area contributed by atoms with Crippen LogP contribution in [-0.2, 0) is 0 Å². The maximum absolute atomic E-state index is 6.07. The molecule has 1 aromatic heterocycles. The Bertz CT molecular complexity index is 721. The van der Waals surface area contributed by atoms with Crippen molar-refractivity contribution in [3.8, 4) is 0 Å². The number of anilines is 1. The van der Waals surface area contributed by atoms with Crippen LogP contribution < -0.4 is 4.90 Å². The Hall–Kier alpha value is -1.48. The summed E-state index contributed by atoms with van der Waals surface area (Å²) in [4.78, 5) is 2.56. The zero-order valence-electron chi connectivity index (χ0n) is 13.3. The molecule has 0 amide bonds. The quantitative estimate of drug-likeness (QED) is 0.826. The molecule has 4 heteroatoms. The summed E-state index contributed by atoms with van der Waals surface area (Å²) in [5.41, 5.74) is 5.65. The van der Waals surface area contributed by atoms with E-state index in [2.05, 4.69) is 22.1 Å². The topological polar surface area (TPSA) is 31.9 Å². The second-order valence-electron chi connectivity index (χ2n) is 7.32. The normalized spacial score (nSPS) is 29.1. The van der Waals surface area contributed by atoms with E-state index < -0.39 is 0 Å². The first kappa shape index (κ1) is 13.9. The summed E-state index contributed by atoms with van der Waals surface area (Å²) in [6.45, 7) is 1.12. The molecule has 0 spiro atoms. The third-order valence-electron chi connectivity index (χ3n) is 6.08. The fourth-order valence-electron chi connectivity index (χ4n) is 5.04. The standard InChI is InChI=1S/C19H22ClN3/c20-14-6-8-15(9-7-14)23-10-2-1-3-16(23)19-17-12-4-5-13(11-12)18(17)21-22-19/h6-9,12-13,16H,1-5,10-11H2,(H,21,22). The summed E-state index contributed by atoms with van der Waals surface area (Å²) in [6, 6.07) is 8.76. The van der Waals surface area contributed by atoms with Gasteiger partial charge in [0.15, 0.2) is 0 Å².